The minimum atomic E-state index is -0.867. The number of benzene rings is 3. The number of aromatic nitrogens is 1. The van der Waals surface area contributed by atoms with Gasteiger partial charge in [-0.25, -0.2) is 0 Å². The molecule has 3 aromatic carbocycles. The van der Waals surface area contributed by atoms with Crippen molar-refractivity contribution in [2.75, 3.05) is 19.8 Å². The highest BCUT2D eigenvalue weighted by Crippen LogP contribution is 2.45. The summed E-state index contributed by atoms with van der Waals surface area (Å²) in [4.78, 5) is 42.6. The van der Waals surface area contributed by atoms with Crippen molar-refractivity contribution >= 4 is 29.1 Å². The molecule has 0 N–H and O–H groups in total. The van der Waals surface area contributed by atoms with Crippen LogP contribution in [0.4, 0.5) is 0 Å². The van der Waals surface area contributed by atoms with Crippen molar-refractivity contribution in [3.05, 3.63) is 166 Å². The van der Waals surface area contributed by atoms with E-state index in [1.807, 2.05) is 36.7 Å². The highest BCUT2D eigenvalue weighted by molar-refractivity contribution is 6.32. The van der Waals surface area contributed by atoms with E-state index in [4.69, 9.17) is 19.5 Å². The van der Waals surface area contributed by atoms with Gasteiger partial charge in [-0.3, -0.25) is 24.6 Å². The van der Waals surface area contributed by atoms with Crippen molar-refractivity contribution in [2.24, 2.45) is 27.7 Å². The first-order valence-electron chi connectivity index (χ1n) is 18.5. The van der Waals surface area contributed by atoms with Crippen molar-refractivity contribution in [1.29, 1.82) is 0 Å². The van der Waals surface area contributed by atoms with Gasteiger partial charge in [0.15, 0.2) is 11.6 Å². The third-order valence-electron chi connectivity index (χ3n) is 11.2. The third-order valence-corrected chi connectivity index (χ3v) is 11.2. The lowest BCUT2D eigenvalue weighted by molar-refractivity contribution is -0.131. The second kappa shape index (κ2) is 13.6. The van der Waals surface area contributed by atoms with Crippen LogP contribution in [0.2, 0.25) is 0 Å². The number of hydrogen-bond acceptors (Lipinski definition) is 7. The van der Waals surface area contributed by atoms with Gasteiger partial charge in [0.1, 0.15) is 12.2 Å². The van der Waals surface area contributed by atoms with Crippen LogP contribution in [0.5, 0.6) is 0 Å². The van der Waals surface area contributed by atoms with Gasteiger partial charge in [-0.2, -0.15) is 0 Å². The fourth-order valence-electron chi connectivity index (χ4n) is 8.53. The maximum absolute atomic E-state index is 14.2. The number of aryl methyl sites for hydroxylation is 1. The predicted octanol–water partition coefficient (Wildman–Crippen LogP) is 8.05. The number of aliphatic imine (C=N–C) groups is 2. The Morgan fingerprint density at radius 3 is 2.17 bits per heavy atom. The Morgan fingerprint density at radius 1 is 0.811 bits per heavy atom. The monoisotopic (exact) mass is 697 g/mol. The second-order valence-corrected chi connectivity index (χ2v) is 14.2. The lowest BCUT2D eigenvalue weighted by Crippen LogP contribution is -2.37. The average molecular weight is 698 g/mol. The maximum atomic E-state index is 14.2. The van der Waals surface area contributed by atoms with Crippen LogP contribution in [-0.2, 0) is 31.1 Å². The lowest BCUT2D eigenvalue weighted by atomic mass is 9.75. The zero-order chi connectivity index (χ0) is 35.9. The molecule has 3 heterocycles. The fourth-order valence-corrected chi connectivity index (χ4v) is 8.53. The summed E-state index contributed by atoms with van der Waals surface area (Å²) in [5, 5.41) is 0. The van der Waals surface area contributed by atoms with Crippen LogP contribution >= 0.6 is 0 Å². The van der Waals surface area contributed by atoms with E-state index >= 15 is 0 Å². The minimum Gasteiger partial charge on any atom is -0.493 e. The Kier molecular flexibility index (Phi) is 8.51. The van der Waals surface area contributed by atoms with Crippen LogP contribution in [0.15, 0.2) is 143 Å². The number of Topliss-reactive ketones (excluding diaryl/α,β-unsaturated/α-hetero) is 2. The van der Waals surface area contributed by atoms with Crippen LogP contribution in [0.3, 0.4) is 0 Å². The second-order valence-electron chi connectivity index (χ2n) is 14.2. The van der Waals surface area contributed by atoms with Crippen molar-refractivity contribution in [3.8, 4) is 11.1 Å². The molecule has 3 aromatic rings. The number of nitrogens with zero attached hydrogens (tertiary/aromatic N) is 3. The zero-order valence-corrected chi connectivity index (χ0v) is 29.6. The van der Waals surface area contributed by atoms with Gasteiger partial charge in [-0.1, -0.05) is 91.0 Å². The quantitative estimate of drug-likeness (QED) is 0.132. The molecule has 3 aliphatic heterocycles. The van der Waals surface area contributed by atoms with E-state index in [1.165, 1.54) is 0 Å². The Labute approximate surface area is 309 Å². The van der Waals surface area contributed by atoms with E-state index < -0.39 is 17.4 Å². The molecule has 0 fully saturated rings. The molecule has 7 heteroatoms. The normalized spacial score (nSPS) is 23.8. The number of rotatable bonds is 6. The van der Waals surface area contributed by atoms with Gasteiger partial charge < -0.3 is 9.47 Å². The number of allylic oxidation sites excluding steroid dienone is 2. The molecule has 6 aliphatic rings. The molecule has 0 saturated heterocycles. The van der Waals surface area contributed by atoms with Crippen molar-refractivity contribution in [3.63, 3.8) is 0 Å². The highest BCUT2D eigenvalue weighted by Gasteiger charge is 2.43. The molecule has 0 spiro atoms. The van der Waals surface area contributed by atoms with Gasteiger partial charge in [0.25, 0.3) is 0 Å². The van der Waals surface area contributed by atoms with Gasteiger partial charge in [0, 0.05) is 59.9 Å². The number of ether oxygens (including phenoxy) is 2. The number of fused-ring (bicyclic) bond motifs is 4. The van der Waals surface area contributed by atoms with Gasteiger partial charge in [-0.15, -0.1) is 0 Å². The molecule has 7 nitrogen and oxygen atoms in total. The lowest BCUT2D eigenvalue weighted by Gasteiger charge is -2.38. The fraction of sp³-hybridized carbons (Fsp3) is 0.239. The summed E-state index contributed by atoms with van der Waals surface area (Å²) in [6, 6.07) is 35.7. The molecule has 0 radical (unpaired) electrons. The first-order chi connectivity index (χ1) is 26.0. The van der Waals surface area contributed by atoms with Gasteiger partial charge >= 0.3 is 0 Å². The Bertz CT molecular complexity index is 2210. The van der Waals surface area contributed by atoms with Crippen LogP contribution in [0, 0.1) is 17.8 Å². The zero-order valence-electron chi connectivity index (χ0n) is 29.6. The molecule has 262 valence electrons. The van der Waals surface area contributed by atoms with Gasteiger partial charge in [0.05, 0.1) is 29.9 Å². The number of carbonyl (C=O) groups is 2. The molecule has 3 unspecified atom stereocenters. The Morgan fingerprint density at radius 2 is 1.49 bits per heavy atom. The smallest absolute Gasteiger partial charge is 0.175 e. The summed E-state index contributed by atoms with van der Waals surface area (Å²) in [6.07, 6.45) is 9.29. The molecule has 9 rings (SSSR count). The van der Waals surface area contributed by atoms with Crippen molar-refractivity contribution in [1.82, 2.24) is 4.98 Å². The van der Waals surface area contributed by atoms with Crippen molar-refractivity contribution in [2.45, 2.75) is 31.8 Å². The Balaban J connectivity index is 1.21. The van der Waals surface area contributed by atoms with Crippen LogP contribution in [0.25, 0.3) is 16.7 Å². The molecular weight excluding hydrogens is 659 g/mol. The SMILES string of the molecule is CC1C(=O)C2=C3/N=C\CO/C(=C\C3C1=O)CC/N=C1\c3cc4cncc-4c2cc3CCC1COC(c1ccccc1)(c1ccccc1)c1ccccc1. The topological polar surface area (TPSA) is 90.2 Å². The number of ketones is 2. The Hall–Kier alpha value is -5.79. The molecule has 3 aliphatic carbocycles. The largest absolute Gasteiger partial charge is 0.493 e. The minimum absolute atomic E-state index is 0.0310. The van der Waals surface area contributed by atoms with Crippen LogP contribution < -0.4 is 0 Å². The standard InChI is InChI=1S/C46H39N3O4/c1-29-44(50)39-25-36-19-20-48-42-31(28-53-46(33-11-5-2-6-12-33,34-13-7-3-8-14-34)35-15-9-4-10-16-35)18-17-30-23-38(40-27-47-26-32(40)24-37(30)42)41(45(29)51)43(39)49-21-22-52-36/h2-16,21,23-27,29,31,39H,17-20,22,28H2,1H3/b36-25-,48-42-,49-21-. The number of carbonyl (C=O) groups excluding carboxylic acids is 2. The summed E-state index contributed by atoms with van der Waals surface area (Å²) >= 11 is 0. The summed E-state index contributed by atoms with van der Waals surface area (Å²) in [6.45, 7) is 2.83. The van der Waals surface area contributed by atoms with E-state index in [1.54, 1.807) is 13.1 Å². The van der Waals surface area contributed by atoms with E-state index in [2.05, 4.69) is 89.9 Å². The molecule has 0 amide bonds. The van der Waals surface area contributed by atoms with Crippen LogP contribution in [0.1, 0.15) is 53.1 Å². The van der Waals surface area contributed by atoms with Gasteiger partial charge in [-0.05, 0) is 71.4 Å². The molecule has 0 aromatic heterocycles. The first-order valence-corrected chi connectivity index (χ1v) is 18.5. The first kappa shape index (κ1) is 33.1. The van der Waals surface area contributed by atoms with E-state index in [9.17, 15) is 9.59 Å². The summed E-state index contributed by atoms with van der Waals surface area (Å²) in [7, 11) is 0. The predicted molar refractivity (Wildman–Crippen MR) is 206 cm³/mol. The summed E-state index contributed by atoms with van der Waals surface area (Å²) in [5.41, 5.74) is 8.91. The maximum Gasteiger partial charge on any atom is 0.175 e. The average Bonchev–Trinajstić information content (AvgIpc) is 3.59. The van der Waals surface area contributed by atoms with Crippen molar-refractivity contribution < 1.29 is 19.1 Å². The highest BCUT2D eigenvalue weighted by atomic mass is 16.5. The summed E-state index contributed by atoms with van der Waals surface area (Å²) < 4.78 is 13.5. The molecule has 53 heavy (non-hydrogen) atoms. The van der Waals surface area contributed by atoms with E-state index in [0.717, 1.165) is 63.1 Å². The molecule has 3 atom stereocenters. The van der Waals surface area contributed by atoms with E-state index in [0.29, 0.717) is 36.6 Å². The molecule has 0 saturated carbocycles. The number of hydrogen-bond donors (Lipinski definition) is 0. The van der Waals surface area contributed by atoms with Crippen LogP contribution in [-0.4, -0.2) is 48.2 Å². The molecular formula is C46H39N3O4. The van der Waals surface area contributed by atoms with Gasteiger partial charge in [0.2, 0.25) is 0 Å². The summed E-state index contributed by atoms with van der Waals surface area (Å²) in [5.74, 6) is -1.20. The third kappa shape index (κ3) is 5.67. The van der Waals surface area contributed by atoms with E-state index in [-0.39, 0.29) is 24.1 Å². The molecule has 8 bridgehead atoms.